The zero-order valence-electron chi connectivity index (χ0n) is 9.18. The molecule has 17 heavy (non-hydrogen) atoms. The maximum atomic E-state index is 10.7. The first-order valence-electron chi connectivity index (χ1n) is 5.00. The molecule has 1 aromatic heterocycles. The van der Waals surface area contributed by atoms with Crippen molar-refractivity contribution in [2.24, 2.45) is 0 Å². The molecular weight excluding hydrogens is 282 g/mol. The van der Waals surface area contributed by atoms with E-state index < -0.39 is 0 Å². The van der Waals surface area contributed by atoms with Crippen molar-refractivity contribution in [2.45, 2.75) is 0 Å². The van der Waals surface area contributed by atoms with E-state index in [1.54, 1.807) is 19.2 Å². The topological polar surface area (TPSA) is 39.2 Å². The first-order valence-corrected chi connectivity index (χ1v) is 5.80. The summed E-state index contributed by atoms with van der Waals surface area (Å²) in [5.74, 6) is 0.726. The van der Waals surface area contributed by atoms with Crippen LogP contribution in [0, 0.1) is 0 Å². The number of nitrogens with zero attached hydrogens (tertiary/aromatic N) is 1. The molecule has 0 aliphatic rings. The Balaban J connectivity index is 2.58. The fraction of sp³-hybridized carbons (Fsp3) is 0.0769. The van der Waals surface area contributed by atoms with Crippen LogP contribution in [0.1, 0.15) is 10.5 Å². The second kappa shape index (κ2) is 5.10. The number of carbonyl (C=O) groups excluding carboxylic acids is 1. The van der Waals surface area contributed by atoms with Gasteiger partial charge in [-0.05, 0) is 30.3 Å². The SMILES string of the molecule is COc1ccc(Br)cc1-c1cccc(C=O)n1. The van der Waals surface area contributed by atoms with Crippen LogP contribution < -0.4 is 4.74 Å². The van der Waals surface area contributed by atoms with Gasteiger partial charge in [0.05, 0.1) is 12.8 Å². The van der Waals surface area contributed by atoms with E-state index in [9.17, 15) is 4.79 Å². The average molecular weight is 292 g/mol. The highest BCUT2D eigenvalue weighted by atomic mass is 79.9. The molecule has 0 aliphatic heterocycles. The number of hydrogen-bond donors (Lipinski definition) is 0. The van der Waals surface area contributed by atoms with Crippen molar-refractivity contribution in [3.63, 3.8) is 0 Å². The van der Waals surface area contributed by atoms with E-state index in [0.717, 1.165) is 22.1 Å². The van der Waals surface area contributed by atoms with Gasteiger partial charge in [-0.3, -0.25) is 4.79 Å². The van der Waals surface area contributed by atoms with Gasteiger partial charge in [0.25, 0.3) is 0 Å². The van der Waals surface area contributed by atoms with Gasteiger partial charge in [-0.25, -0.2) is 4.98 Å². The lowest BCUT2D eigenvalue weighted by atomic mass is 10.1. The molecule has 2 rings (SSSR count). The molecule has 0 spiro atoms. The second-order valence-electron chi connectivity index (χ2n) is 3.41. The van der Waals surface area contributed by atoms with Crippen LogP contribution in [0.2, 0.25) is 0 Å². The van der Waals surface area contributed by atoms with Crippen LogP contribution >= 0.6 is 15.9 Å². The summed E-state index contributed by atoms with van der Waals surface area (Å²) in [7, 11) is 1.61. The Bertz CT molecular complexity index is 555. The predicted octanol–water partition coefficient (Wildman–Crippen LogP) is 3.33. The number of halogens is 1. The number of ether oxygens (including phenoxy) is 1. The van der Waals surface area contributed by atoms with Crippen LogP contribution in [0.15, 0.2) is 40.9 Å². The van der Waals surface area contributed by atoms with Crippen LogP contribution in [0.25, 0.3) is 11.3 Å². The standard InChI is InChI=1S/C13H10BrNO2/c1-17-13-6-5-9(14)7-11(13)12-4-2-3-10(8-16)15-12/h2-8H,1H3. The van der Waals surface area contributed by atoms with Crippen LogP contribution in [0.4, 0.5) is 0 Å². The number of benzene rings is 1. The van der Waals surface area contributed by atoms with Crippen molar-refractivity contribution in [3.8, 4) is 17.0 Å². The molecule has 0 fully saturated rings. The Morgan fingerprint density at radius 1 is 1.29 bits per heavy atom. The third kappa shape index (κ3) is 2.53. The molecule has 0 saturated carbocycles. The van der Waals surface area contributed by atoms with Gasteiger partial charge in [-0.1, -0.05) is 22.0 Å². The molecule has 2 aromatic rings. The third-order valence-corrected chi connectivity index (χ3v) is 2.82. The Morgan fingerprint density at radius 2 is 2.12 bits per heavy atom. The van der Waals surface area contributed by atoms with E-state index in [-0.39, 0.29) is 0 Å². The smallest absolute Gasteiger partial charge is 0.168 e. The highest BCUT2D eigenvalue weighted by Crippen LogP contribution is 2.31. The largest absolute Gasteiger partial charge is 0.496 e. The van der Waals surface area contributed by atoms with Crippen molar-refractivity contribution < 1.29 is 9.53 Å². The first kappa shape index (κ1) is 11.8. The van der Waals surface area contributed by atoms with Crippen LogP contribution in [-0.2, 0) is 0 Å². The van der Waals surface area contributed by atoms with E-state index in [4.69, 9.17) is 4.74 Å². The minimum Gasteiger partial charge on any atom is -0.496 e. The molecule has 1 heterocycles. The molecule has 0 bridgehead atoms. The predicted molar refractivity (Wildman–Crippen MR) is 69.3 cm³/mol. The second-order valence-corrected chi connectivity index (χ2v) is 4.33. The van der Waals surface area contributed by atoms with Crippen molar-refractivity contribution in [2.75, 3.05) is 7.11 Å². The number of pyridine rings is 1. The highest BCUT2D eigenvalue weighted by Gasteiger charge is 2.08. The first-order chi connectivity index (χ1) is 8.24. The van der Waals surface area contributed by atoms with Crippen LogP contribution in [-0.4, -0.2) is 18.4 Å². The van der Waals surface area contributed by atoms with Crippen molar-refractivity contribution in [1.82, 2.24) is 4.98 Å². The molecule has 0 atom stereocenters. The zero-order chi connectivity index (χ0) is 12.3. The van der Waals surface area contributed by atoms with Gasteiger partial charge >= 0.3 is 0 Å². The lowest BCUT2D eigenvalue weighted by Crippen LogP contribution is -1.93. The van der Waals surface area contributed by atoms with Crippen molar-refractivity contribution in [1.29, 1.82) is 0 Å². The van der Waals surface area contributed by atoms with E-state index in [0.29, 0.717) is 11.4 Å². The lowest BCUT2D eigenvalue weighted by molar-refractivity contribution is 0.111. The molecule has 0 saturated heterocycles. The summed E-state index contributed by atoms with van der Waals surface area (Å²) in [6, 6.07) is 11.0. The normalized spacial score (nSPS) is 10.0. The van der Waals surface area contributed by atoms with Crippen molar-refractivity contribution in [3.05, 3.63) is 46.6 Å². The molecule has 0 amide bonds. The van der Waals surface area contributed by atoms with Crippen LogP contribution in [0.5, 0.6) is 5.75 Å². The minimum atomic E-state index is 0.407. The lowest BCUT2D eigenvalue weighted by Gasteiger charge is -2.08. The third-order valence-electron chi connectivity index (χ3n) is 2.33. The van der Waals surface area contributed by atoms with Crippen molar-refractivity contribution >= 4 is 22.2 Å². The maximum absolute atomic E-state index is 10.7. The summed E-state index contributed by atoms with van der Waals surface area (Å²) in [4.78, 5) is 15.0. The number of methoxy groups -OCH3 is 1. The van der Waals surface area contributed by atoms with Gasteiger partial charge in [0.2, 0.25) is 0 Å². The van der Waals surface area contributed by atoms with Crippen LogP contribution in [0.3, 0.4) is 0 Å². The van der Waals surface area contributed by atoms with Gasteiger partial charge in [-0.15, -0.1) is 0 Å². The molecule has 4 heteroatoms. The number of aldehydes is 1. The Labute approximate surface area is 108 Å². The summed E-state index contributed by atoms with van der Waals surface area (Å²) in [5, 5.41) is 0. The zero-order valence-corrected chi connectivity index (χ0v) is 10.8. The maximum Gasteiger partial charge on any atom is 0.168 e. The summed E-state index contributed by atoms with van der Waals surface area (Å²) >= 11 is 3.41. The monoisotopic (exact) mass is 291 g/mol. The molecule has 0 N–H and O–H groups in total. The van der Waals surface area contributed by atoms with E-state index in [1.807, 2.05) is 24.3 Å². The molecule has 3 nitrogen and oxygen atoms in total. The highest BCUT2D eigenvalue weighted by molar-refractivity contribution is 9.10. The summed E-state index contributed by atoms with van der Waals surface area (Å²) in [6.45, 7) is 0. The fourth-order valence-corrected chi connectivity index (χ4v) is 1.91. The van der Waals surface area contributed by atoms with E-state index >= 15 is 0 Å². The number of hydrogen-bond acceptors (Lipinski definition) is 3. The van der Waals surface area contributed by atoms with Gasteiger partial charge in [-0.2, -0.15) is 0 Å². The van der Waals surface area contributed by atoms with Gasteiger partial charge < -0.3 is 4.74 Å². The molecule has 0 radical (unpaired) electrons. The molecule has 1 aromatic carbocycles. The van der Waals surface area contributed by atoms with E-state index in [2.05, 4.69) is 20.9 Å². The van der Waals surface area contributed by atoms with E-state index in [1.165, 1.54) is 0 Å². The minimum absolute atomic E-state index is 0.407. The molecule has 86 valence electrons. The fourth-order valence-electron chi connectivity index (χ4n) is 1.55. The summed E-state index contributed by atoms with van der Waals surface area (Å²) in [5.41, 5.74) is 1.97. The molecule has 0 aliphatic carbocycles. The van der Waals surface area contributed by atoms with Gasteiger partial charge in [0.15, 0.2) is 6.29 Å². The molecule has 0 unspecified atom stereocenters. The average Bonchev–Trinajstić information content (AvgIpc) is 2.39. The Morgan fingerprint density at radius 3 is 2.82 bits per heavy atom. The molecular formula is C13H10BrNO2. The summed E-state index contributed by atoms with van der Waals surface area (Å²) in [6.07, 6.45) is 0.730. The van der Waals surface area contributed by atoms with Gasteiger partial charge in [0, 0.05) is 10.0 Å². The number of aromatic nitrogens is 1. The summed E-state index contributed by atoms with van der Waals surface area (Å²) < 4.78 is 6.22. The quantitative estimate of drug-likeness (QED) is 0.814. The number of carbonyl (C=O) groups is 1. The Hall–Kier alpha value is -1.68. The van der Waals surface area contributed by atoms with Gasteiger partial charge in [0.1, 0.15) is 11.4 Å². The Kier molecular flexibility index (Phi) is 3.54. The number of rotatable bonds is 3.